The third kappa shape index (κ3) is 4.77. The van der Waals surface area contributed by atoms with Gasteiger partial charge in [0.05, 0.1) is 4.90 Å². The lowest BCUT2D eigenvalue weighted by Gasteiger charge is -2.26. The lowest BCUT2D eigenvalue weighted by molar-refractivity contribution is 0.332. The average Bonchev–Trinajstić information content (AvgIpc) is 2.91. The van der Waals surface area contributed by atoms with Gasteiger partial charge < -0.3 is 5.32 Å². The van der Waals surface area contributed by atoms with Crippen LogP contribution in [0.4, 0.5) is 0 Å². The summed E-state index contributed by atoms with van der Waals surface area (Å²) in [5, 5.41) is 5.14. The van der Waals surface area contributed by atoms with Crippen LogP contribution in [0.25, 0.3) is 0 Å². The monoisotopic (exact) mass is 330 g/mol. The Kier molecular flexibility index (Phi) is 6.22. The third-order valence-electron chi connectivity index (χ3n) is 4.04. The molecule has 0 amide bonds. The van der Waals surface area contributed by atoms with Gasteiger partial charge >= 0.3 is 0 Å². The van der Waals surface area contributed by atoms with Gasteiger partial charge in [-0.2, -0.15) is 0 Å². The number of nitrogens with one attached hydrogen (secondary N) is 2. The Labute approximate surface area is 132 Å². The number of rotatable bonds is 7. The minimum Gasteiger partial charge on any atom is -0.312 e. The highest BCUT2D eigenvalue weighted by Gasteiger charge is 2.26. The van der Waals surface area contributed by atoms with Crippen molar-refractivity contribution in [1.29, 1.82) is 0 Å². The van der Waals surface area contributed by atoms with Crippen LogP contribution in [0, 0.1) is 5.92 Å². The van der Waals surface area contributed by atoms with E-state index in [9.17, 15) is 8.42 Å². The topological polar surface area (TPSA) is 58.2 Å². The van der Waals surface area contributed by atoms with Gasteiger partial charge in [-0.25, -0.2) is 13.1 Å². The van der Waals surface area contributed by atoms with Gasteiger partial charge in [0.2, 0.25) is 10.0 Å². The van der Waals surface area contributed by atoms with Crippen molar-refractivity contribution in [2.45, 2.75) is 63.4 Å². The second-order valence-electron chi connectivity index (χ2n) is 5.96. The molecule has 0 spiro atoms. The normalized spacial score (nSPS) is 23.3. The first kappa shape index (κ1) is 16.9. The quantitative estimate of drug-likeness (QED) is 0.755. The first-order valence-corrected chi connectivity index (χ1v) is 10.2. The van der Waals surface area contributed by atoms with Crippen molar-refractivity contribution < 1.29 is 8.42 Å². The van der Waals surface area contributed by atoms with Crippen LogP contribution >= 0.6 is 11.3 Å². The van der Waals surface area contributed by atoms with E-state index in [4.69, 9.17) is 0 Å². The summed E-state index contributed by atoms with van der Waals surface area (Å²) in [4.78, 5) is 1.36. The zero-order valence-corrected chi connectivity index (χ0v) is 14.5. The average molecular weight is 331 g/mol. The Morgan fingerprint density at radius 2 is 2.00 bits per heavy atom. The molecule has 1 fully saturated rings. The van der Waals surface area contributed by atoms with Crippen molar-refractivity contribution >= 4 is 21.4 Å². The molecule has 0 bridgehead atoms. The van der Waals surface area contributed by atoms with Crippen molar-refractivity contribution in [1.82, 2.24) is 10.0 Å². The molecule has 120 valence electrons. The Bertz CT molecular complexity index is 532. The Morgan fingerprint density at radius 3 is 2.67 bits per heavy atom. The summed E-state index contributed by atoms with van der Waals surface area (Å²) in [7, 11) is -3.38. The fourth-order valence-corrected chi connectivity index (χ4v) is 5.45. The first-order valence-electron chi connectivity index (χ1n) is 7.82. The van der Waals surface area contributed by atoms with Crippen LogP contribution in [-0.2, 0) is 16.6 Å². The lowest BCUT2D eigenvalue weighted by Crippen LogP contribution is -2.37. The van der Waals surface area contributed by atoms with Crippen LogP contribution in [0.3, 0.4) is 0 Å². The predicted molar refractivity (Wildman–Crippen MR) is 88.1 cm³/mol. The molecular weight excluding hydrogens is 304 g/mol. The highest BCUT2D eigenvalue weighted by molar-refractivity contribution is 7.89. The van der Waals surface area contributed by atoms with Crippen LogP contribution in [0.1, 0.15) is 50.8 Å². The zero-order chi connectivity index (χ0) is 15.3. The molecule has 1 aliphatic carbocycles. The van der Waals surface area contributed by atoms with Crippen molar-refractivity contribution in [3.8, 4) is 0 Å². The molecule has 1 aromatic rings. The fourth-order valence-electron chi connectivity index (χ4n) is 2.74. The van der Waals surface area contributed by atoms with Crippen LogP contribution in [0.15, 0.2) is 16.3 Å². The van der Waals surface area contributed by atoms with Gasteiger partial charge in [0.1, 0.15) is 0 Å². The second kappa shape index (κ2) is 7.72. The standard InChI is InChI=1S/C15H26N2O2S2/c1-3-9-16-11-14-15(8-10-20-14)21(18,19)17-13-6-4-12(2)5-7-13/h8,10,12-13,16-17H,3-7,9,11H2,1-2H3. The SMILES string of the molecule is CCCNCc1sccc1S(=O)(=O)NC1CCC(C)CC1. The maximum absolute atomic E-state index is 12.6. The molecule has 0 aliphatic heterocycles. The summed E-state index contributed by atoms with van der Waals surface area (Å²) in [6.07, 6.45) is 5.18. The molecule has 0 atom stereocenters. The van der Waals surface area contributed by atoms with Crippen molar-refractivity contribution in [2.75, 3.05) is 6.54 Å². The van der Waals surface area contributed by atoms with Crippen molar-refractivity contribution in [3.05, 3.63) is 16.3 Å². The van der Waals surface area contributed by atoms with Gasteiger partial charge in [-0.05, 0) is 56.0 Å². The highest BCUT2D eigenvalue weighted by atomic mass is 32.2. The minimum atomic E-state index is -3.38. The molecule has 0 radical (unpaired) electrons. The highest BCUT2D eigenvalue weighted by Crippen LogP contribution is 2.26. The smallest absolute Gasteiger partial charge is 0.241 e. The summed E-state index contributed by atoms with van der Waals surface area (Å²) in [6, 6.07) is 1.82. The van der Waals surface area contributed by atoms with E-state index in [1.54, 1.807) is 6.07 Å². The third-order valence-corrected chi connectivity index (χ3v) is 6.70. The molecule has 21 heavy (non-hydrogen) atoms. The predicted octanol–water partition coefficient (Wildman–Crippen LogP) is 3.10. The molecule has 0 aromatic carbocycles. The van der Waals surface area contributed by atoms with Gasteiger partial charge in [-0.3, -0.25) is 0 Å². The van der Waals surface area contributed by atoms with E-state index in [2.05, 4.69) is 23.9 Å². The Balaban J connectivity index is 2.00. The molecule has 1 aliphatic rings. The molecule has 2 N–H and O–H groups in total. The summed E-state index contributed by atoms with van der Waals surface area (Å²) in [5.41, 5.74) is 0. The summed E-state index contributed by atoms with van der Waals surface area (Å²) >= 11 is 1.51. The van der Waals surface area contributed by atoms with Crippen LogP contribution in [0.5, 0.6) is 0 Å². The number of sulfonamides is 1. The van der Waals surface area contributed by atoms with Gasteiger partial charge in [-0.1, -0.05) is 13.8 Å². The maximum atomic E-state index is 12.6. The molecule has 1 heterocycles. The Morgan fingerprint density at radius 1 is 1.29 bits per heavy atom. The van der Waals surface area contributed by atoms with Crippen LogP contribution in [-0.4, -0.2) is 21.0 Å². The molecule has 1 aromatic heterocycles. The van der Waals surface area contributed by atoms with Crippen LogP contribution in [0.2, 0.25) is 0 Å². The van der Waals surface area contributed by atoms with Gasteiger partial charge in [0.25, 0.3) is 0 Å². The fraction of sp³-hybridized carbons (Fsp3) is 0.733. The van der Waals surface area contributed by atoms with E-state index in [0.29, 0.717) is 11.4 Å². The van der Waals surface area contributed by atoms with Crippen molar-refractivity contribution in [3.63, 3.8) is 0 Å². The minimum absolute atomic E-state index is 0.0996. The van der Waals surface area contributed by atoms with E-state index < -0.39 is 10.0 Å². The summed E-state index contributed by atoms with van der Waals surface area (Å²) in [5.74, 6) is 0.723. The first-order chi connectivity index (χ1) is 10.0. The molecule has 0 saturated heterocycles. The van der Waals surface area contributed by atoms with E-state index in [0.717, 1.165) is 49.4 Å². The van der Waals surface area contributed by atoms with Gasteiger partial charge in [-0.15, -0.1) is 11.3 Å². The lowest BCUT2D eigenvalue weighted by atomic mass is 9.88. The Hall–Kier alpha value is -0.430. The van der Waals surface area contributed by atoms with Gasteiger partial charge in [0.15, 0.2) is 0 Å². The molecule has 4 nitrogen and oxygen atoms in total. The molecule has 0 unspecified atom stereocenters. The van der Waals surface area contributed by atoms with E-state index in [1.165, 1.54) is 11.3 Å². The zero-order valence-electron chi connectivity index (χ0n) is 12.9. The maximum Gasteiger partial charge on any atom is 0.241 e. The molecule has 6 heteroatoms. The number of hydrogen-bond acceptors (Lipinski definition) is 4. The van der Waals surface area contributed by atoms with E-state index in [-0.39, 0.29) is 6.04 Å². The van der Waals surface area contributed by atoms with E-state index >= 15 is 0 Å². The largest absolute Gasteiger partial charge is 0.312 e. The molecule has 1 saturated carbocycles. The van der Waals surface area contributed by atoms with Crippen LogP contribution < -0.4 is 10.0 Å². The molecule has 2 rings (SSSR count). The number of hydrogen-bond donors (Lipinski definition) is 2. The molecular formula is C15H26N2O2S2. The second-order valence-corrected chi connectivity index (χ2v) is 8.65. The van der Waals surface area contributed by atoms with Gasteiger partial charge in [0, 0.05) is 17.5 Å². The summed E-state index contributed by atoms with van der Waals surface area (Å²) in [6.45, 7) is 5.88. The van der Waals surface area contributed by atoms with Crippen molar-refractivity contribution in [2.24, 2.45) is 5.92 Å². The summed E-state index contributed by atoms with van der Waals surface area (Å²) < 4.78 is 28.0. The van der Waals surface area contributed by atoms with E-state index in [1.807, 2.05) is 5.38 Å². The number of thiophene rings is 1.